The number of ketones is 4. The summed E-state index contributed by atoms with van der Waals surface area (Å²) < 4.78 is 0. The first kappa shape index (κ1) is 34.9. The Morgan fingerprint density at radius 1 is 0.411 bits per heavy atom. The molecule has 10 aliphatic rings. The molecule has 12 rings (SSSR count). The summed E-state index contributed by atoms with van der Waals surface area (Å²) >= 11 is 3.92. The lowest BCUT2D eigenvalue weighted by atomic mass is 9.59. The van der Waals surface area contributed by atoms with E-state index in [-0.39, 0.29) is 74.5 Å². The van der Waals surface area contributed by atoms with Gasteiger partial charge in [0, 0.05) is 59.4 Å². The van der Waals surface area contributed by atoms with Gasteiger partial charge < -0.3 is 0 Å². The van der Waals surface area contributed by atoms with Crippen LogP contribution in [0.25, 0.3) is 21.9 Å². The molecular weight excluding hydrogens is 733 g/mol. The number of thiophene rings is 2. The molecule has 0 aliphatic heterocycles. The second kappa shape index (κ2) is 12.5. The second-order valence-corrected chi connectivity index (χ2v) is 21.6. The van der Waals surface area contributed by atoms with Gasteiger partial charge in [0.15, 0.2) is 23.1 Å². The van der Waals surface area contributed by atoms with Gasteiger partial charge in [-0.2, -0.15) is 0 Å². The van der Waals surface area contributed by atoms with E-state index in [1.807, 2.05) is 22.7 Å². The predicted octanol–water partition coefficient (Wildman–Crippen LogP) is 11.0. The maximum atomic E-state index is 13.8. The van der Waals surface area contributed by atoms with Crippen molar-refractivity contribution >= 4 is 69.4 Å². The van der Waals surface area contributed by atoms with E-state index in [2.05, 4.69) is 12.2 Å². The Morgan fingerprint density at radius 2 is 0.732 bits per heavy atom. The fourth-order valence-electron chi connectivity index (χ4n) is 14.4. The van der Waals surface area contributed by atoms with Gasteiger partial charge in [-0.25, -0.2) is 9.98 Å². The van der Waals surface area contributed by atoms with Crippen LogP contribution < -0.4 is 0 Å². The van der Waals surface area contributed by atoms with E-state index in [1.165, 1.54) is 62.7 Å². The molecule has 6 nitrogen and oxygen atoms in total. The van der Waals surface area contributed by atoms with Crippen molar-refractivity contribution in [2.24, 2.45) is 33.7 Å². The fourth-order valence-corrected chi connectivity index (χ4v) is 17.4. The van der Waals surface area contributed by atoms with Gasteiger partial charge in [-0.3, -0.25) is 19.2 Å². The largest absolute Gasteiger partial charge is 0.292 e. The highest BCUT2D eigenvalue weighted by Gasteiger charge is 2.60. The normalized spacial score (nSPS) is 31.7. The molecule has 2 aromatic rings. The van der Waals surface area contributed by atoms with E-state index in [1.54, 1.807) is 11.1 Å². The summed E-state index contributed by atoms with van der Waals surface area (Å²) in [5.41, 5.74) is 8.07. The number of allylic oxidation sites excluding steroid dienone is 2. The highest BCUT2D eigenvalue weighted by atomic mass is 32.1. The summed E-state index contributed by atoms with van der Waals surface area (Å²) in [4.78, 5) is 71.4. The zero-order chi connectivity index (χ0) is 37.6. The average Bonchev–Trinajstić information content (AvgIpc) is 4.06. The monoisotopic (exact) mass is 784 g/mol. The lowest BCUT2D eigenvalue weighted by Gasteiger charge is -2.44. The van der Waals surface area contributed by atoms with E-state index >= 15 is 0 Å². The third-order valence-electron chi connectivity index (χ3n) is 16.9. The molecular formula is C48H52N2O4S2. The average molecular weight is 785 g/mol. The van der Waals surface area contributed by atoms with Crippen LogP contribution in [0.5, 0.6) is 0 Å². The molecule has 0 saturated heterocycles. The quantitative estimate of drug-likeness (QED) is 0.303. The first-order chi connectivity index (χ1) is 27.4. The first-order valence-corrected chi connectivity index (χ1v) is 24.1. The number of rotatable bonds is 2. The number of fused-ring (bicyclic) bond motifs is 13. The van der Waals surface area contributed by atoms with E-state index in [9.17, 15) is 19.2 Å². The van der Waals surface area contributed by atoms with Gasteiger partial charge in [-0.1, -0.05) is 83.5 Å². The molecule has 2 aromatic heterocycles. The van der Waals surface area contributed by atoms with Crippen LogP contribution in [0.15, 0.2) is 21.4 Å². The van der Waals surface area contributed by atoms with E-state index < -0.39 is 0 Å². The van der Waals surface area contributed by atoms with Gasteiger partial charge in [0.2, 0.25) is 0 Å². The molecule has 8 heteroatoms. The molecule has 0 N–H and O–H groups in total. The van der Waals surface area contributed by atoms with Crippen molar-refractivity contribution in [3.05, 3.63) is 43.4 Å². The SMILES string of the molecule is O=C1C(=NC2=Cc3sc4c(c3C23CCCCC3)C2(CCCCC2)c2c-4sc3c2C2(CCCCC2)C(N=C2C(=O)C4CCCCC4C2=O)=C3)C(=O)C2CCCCC12. The Kier molecular flexibility index (Phi) is 7.76. The van der Waals surface area contributed by atoms with Gasteiger partial charge in [0.25, 0.3) is 0 Å². The maximum Gasteiger partial charge on any atom is 0.188 e. The van der Waals surface area contributed by atoms with Crippen molar-refractivity contribution in [1.82, 2.24) is 0 Å². The third kappa shape index (κ3) is 4.44. The minimum atomic E-state index is -0.251. The molecule has 4 atom stereocenters. The van der Waals surface area contributed by atoms with Crippen LogP contribution in [0.4, 0.5) is 0 Å². The summed E-state index contributed by atoms with van der Waals surface area (Å²) in [5.74, 6) is -0.596. The topological polar surface area (TPSA) is 93.0 Å². The lowest BCUT2D eigenvalue weighted by molar-refractivity contribution is -0.120. The highest BCUT2D eigenvalue weighted by molar-refractivity contribution is 7.23. The van der Waals surface area contributed by atoms with Crippen LogP contribution >= 0.6 is 22.7 Å². The molecule has 56 heavy (non-hydrogen) atoms. The molecule has 0 radical (unpaired) electrons. The van der Waals surface area contributed by atoms with Crippen molar-refractivity contribution in [2.45, 2.75) is 164 Å². The maximum absolute atomic E-state index is 13.8. The highest BCUT2D eigenvalue weighted by Crippen LogP contribution is 2.71. The van der Waals surface area contributed by atoms with Crippen molar-refractivity contribution in [2.75, 3.05) is 0 Å². The van der Waals surface area contributed by atoms with Crippen LogP contribution in [-0.4, -0.2) is 34.6 Å². The van der Waals surface area contributed by atoms with Gasteiger partial charge in [-0.05, 0) is 98.6 Å². The molecule has 10 aliphatic carbocycles. The van der Waals surface area contributed by atoms with Crippen LogP contribution in [0, 0.1) is 23.7 Å². The zero-order valence-corrected chi connectivity index (χ0v) is 34.2. The number of Topliss-reactive ketones (excluding diaryl/α,β-unsaturated/α-hetero) is 4. The number of aliphatic imine (C=N–C) groups is 2. The molecule has 0 bridgehead atoms. The third-order valence-corrected chi connectivity index (χ3v) is 19.3. The van der Waals surface area contributed by atoms with Crippen molar-refractivity contribution in [3.8, 4) is 9.75 Å². The van der Waals surface area contributed by atoms with Gasteiger partial charge >= 0.3 is 0 Å². The van der Waals surface area contributed by atoms with Crippen LogP contribution in [0.2, 0.25) is 0 Å². The predicted molar refractivity (Wildman–Crippen MR) is 223 cm³/mol. The van der Waals surface area contributed by atoms with E-state index in [4.69, 9.17) is 9.98 Å². The van der Waals surface area contributed by atoms with Crippen molar-refractivity contribution in [1.29, 1.82) is 0 Å². The minimum Gasteiger partial charge on any atom is -0.292 e. The standard InChI is InChI=1S/C48H52N2O4S2/c51-40-26-14-4-5-15-27(26)41(52)38(40)49-32-24-30-34(46(32)18-8-1-9-19-46)36-44(55-30)45-37(48(36)22-12-3-13-23-48)35-31(56-45)25-33(47(35)20-10-2-11-21-47)50-39-42(53)28-16-6-7-17-29(28)43(39)54/h24-29H,1-23H2. The van der Waals surface area contributed by atoms with Gasteiger partial charge in [0.1, 0.15) is 11.4 Å². The van der Waals surface area contributed by atoms with Crippen LogP contribution in [-0.2, 0) is 35.4 Å². The molecule has 0 aromatic carbocycles. The molecule has 3 spiro atoms. The Labute approximate surface area is 337 Å². The minimum absolute atomic E-state index is 0.0120. The molecule has 7 saturated carbocycles. The summed E-state index contributed by atoms with van der Waals surface area (Å²) in [6, 6.07) is 0. The molecule has 2 heterocycles. The number of hydrogen-bond acceptors (Lipinski definition) is 8. The summed E-state index contributed by atoms with van der Waals surface area (Å²) in [6.45, 7) is 0. The summed E-state index contributed by atoms with van der Waals surface area (Å²) in [5, 5.41) is 0. The first-order valence-electron chi connectivity index (χ1n) is 22.5. The zero-order valence-electron chi connectivity index (χ0n) is 32.6. The Balaban J connectivity index is 1.01. The fraction of sp³-hybridized carbons (Fsp3) is 0.625. The van der Waals surface area contributed by atoms with E-state index in [0.717, 1.165) is 127 Å². The molecule has 7 fully saturated rings. The summed E-state index contributed by atoms with van der Waals surface area (Å²) in [7, 11) is 0. The Bertz CT molecular complexity index is 2070. The molecule has 290 valence electrons. The number of nitrogens with zero attached hydrogens (tertiary/aromatic N) is 2. The summed E-state index contributed by atoms with van der Waals surface area (Å²) in [6.07, 6.45) is 29.1. The van der Waals surface area contributed by atoms with Crippen molar-refractivity contribution in [3.63, 3.8) is 0 Å². The van der Waals surface area contributed by atoms with Crippen molar-refractivity contribution < 1.29 is 19.2 Å². The molecule has 4 unspecified atom stereocenters. The van der Waals surface area contributed by atoms with Gasteiger partial charge in [0.05, 0.1) is 11.4 Å². The van der Waals surface area contributed by atoms with E-state index in [0.29, 0.717) is 0 Å². The molecule has 0 amide bonds. The van der Waals surface area contributed by atoms with Crippen LogP contribution in [0.1, 0.15) is 180 Å². The smallest absolute Gasteiger partial charge is 0.188 e. The number of carbonyl (C=O) groups excluding carboxylic acids is 4. The van der Waals surface area contributed by atoms with Crippen LogP contribution in [0.3, 0.4) is 0 Å². The number of carbonyl (C=O) groups is 4. The lowest BCUT2D eigenvalue weighted by Crippen LogP contribution is -2.38. The Hall–Kier alpha value is -3.10. The number of hydrogen-bond donors (Lipinski definition) is 0. The second-order valence-electron chi connectivity index (χ2n) is 19.5. The van der Waals surface area contributed by atoms with Gasteiger partial charge in [-0.15, -0.1) is 22.7 Å². The Morgan fingerprint density at radius 3 is 1.07 bits per heavy atom.